The van der Waals surface area contributed by atoms with E-state index in [1.165, 1.54) is 48.5 Å². The Balaban J connectivity index is 1.50. The molecule has 0 aliphatic carbocycles. The SMILES string of the molecule is Cc1ccc(S(=O)(=O)OC[C@@H]2O[C@@H](O)[C@@H](OC(=O)c3ccccc3)[C@@H](OC(=O)c3ccccc3)[C@@H]2OC(=O)c2ccccc2)cc1. The van der Waals surface area contributed by atoms with Gasteiger partial charge in [0.1, 0.15) is 6.10 Å². The van der Waals surface area contributed by atoms with E-state index in [1.54, 1.807) is 73.7 Å². The zero-order valence-electron chi connectivity index (χ0n) is 24.5. The van der Waals surface area contributed by atoms with Gasteiger partial charge in [0.15, 0.2) is 24.6 Å². The lowest BCUT2D eigenvalue weighted by molar-refractivity contribution is -0.283. The highest BCUT2D eigenvalue weighted by atomic mass is 32.2. The first kappa shape index (κ1) is 32.5. The van der Waals surface area contributed by atoms with E-state index in [1.807, 2.05) is 0 Å². The maximum atomic E-state index is 13.3. The molecule has 0 aromatic heterocycles. The molecule has 0 unspecified atom stereocenters. The Hall–Kier alpha value is -4.88. The van der Waals surface area contributed by atoms with Gasteiger partial charge in [0.2, 0.25) is 0 Å². The van der Waals surface area contributed by atoms with Crippen LogP contribution in [0.15, 0.2) is 120 Å². The summed E-state index contributed by atoms with van der Waals surface area (Å²) in [7, 11) is -4.35. The molecule has 1 fully saturated rings. The van der Waals surface area contributed by atoms with Gasteiger partial charge in [-0.1, -0.05) is 72.3 Å². The number of benzene rings is 4. The van der Waals surface area contributed by atoms with E-state index in [0.717, 1.165) is 5.56 Å². The van der Waals surface area contributed by atoms with Crippen molar-refractivity contribution in [1.29, 1.82) is 0 Å². The standard InChI is InChI=1S/C34H30O11S/c1-22-17-19-26(20-18-22)46(39,40)41-21-27-28(43-31(35)23-11-5-2-6-12-23)29(44-32(36)24-13-7-3-8-14-24)30(34(38)42-27)45-33(37)25-15-9-4-10-16-25/h2-20,27-30,34,38H,21H2,1H3/t27-,28+,29-,30-,34+/m0/s1. The summed E-state index contributed by atoms with van der Waals surface area (Å²) in [5.41, 5.74) is 1.17. The minimum absolute atomic E-state index is 0.111. The Kier molecular flexibility index (Phi) is 10.2. The van der Waals surface area contributed by atoms with E-state index in [4.69, 9.17) is 23.1 Å². The van der Waals surface area contributed by atoms with Crippen LogP contribution in [0.25, 0.3) is 0 Å². The minimum Gasteiger partial charge on any atom is -0.452 e. The molecule has 5 atom stereocenters. The molecule has 1 aliphatic heterocycles. The van der Waals surface area contributed by atoms with Crippen molar-refractivity contribution < 1.29 is 51.0 Å². The van der Waals surface area contributed by atoms with Gasteiger partial charge in [-0.2, -0.15) is 8.42 Å². The van der Waals surface area contributed by atoms with Crippen LogP contribution >= 0.6 is 0 Å². The molecule has 1 aliphatic rings. The van der Waals surface area contributed by atoms with Crippen molar-refractivity contribution in [2.75, 3.05) is 6.61 Å². The molecule has 1 N–H and O–H groups in total. The zero-order valence-corrected chi connectivity index (χ0v) is 25.3. The first-order valence-electron chi connectivity index (χ1n) is 14.2. The summed E-state index contributed by atoms with van der Waals surface area (Å²) < 4.78 is 54.1. The third-order valence-corrected chi connectivity index (χ3v) is 8.36. The minimum atomic E-state index is -4.35. The van der Waals surface area contributed by atoms with Gasteiger partial charge < -0.3 is 24.1 Å². The van der Waals surface area contributed by atoms with E-state index in [9.17, 15) is 27.9 Å². The van der Waals surface area contributed by atoms with Crippen molar-refractivity contribution in [3.63, 3.8) is 0 Å². The Bertz CT molecular complexity index is 1750. The van der Waals surface area contributed by atoms with Crippen LogP contribution in [0, 0.1) is 6.92 Å². The molecule has 0 saturated carbocycles. The Labute approximate surface area is 265 Å². The second-order valence-electron chi connectivity index (χ2n) is 10.3. The van der Waals surface area contributed by atoms with Crippen LogP contribution in [-0.4, -0.2) is 68.7 Å². The highest BCUT2D eigenvalue weighted by molar-refractivity contribution is 7.86. The summed E-state index contributed by atoms with van der Waals surface area (Å²) >= 11 is 0. The number of ether oxygens (including phenoxy) is 4. The van der Waals surface area contributed by atoms with Gasteiger partial charge in [-0.25, -0.2) is 14.4 Å². The number of hydrogen-bond donors (Lipinski definition) is 1. The molecular weight excluding hydrogens is 616 g/mol. The van der Waals surface area contributed by atoms with Gasteiger partial charge in [0.05, 0.1) is 28.2 Å². The molecule has 0 amide bonds. The summed E-state index contributed by atoms with van der Waals surface area (Å²) in [4.78, 5) is 39.5. The smallest absolute Gasteiger partial charge is 0.338 e. The predicted octanol–water partition coefficient (Wildman–Crippen LogP) is 4.09. The highest BCUT2D eigenvalue weighted by Gasteiger charge is 2.52. The van der Waals surface area contributed by atoms with Crippen molar-refractivity contribution >= 4 is 28.0 Å². The molecular formula is C34H30O11S. The lowest BCUT2D eigenvalue weighted by Crippen LogP contribution is -2.62. The number of carbonyl (C=O) groups is 3. The average molecular weight is 647 g/mol. The summed E-state index contributed by atoms with van der Waals surface area (Å²) in [6.45, 7) is 1.02. The number of hydrogen-bond acceptors (Lipinski definition) is 11. The fraction of sp³-hybridized carbons (Fsp3) is 0.206. The van der Waals surface area contributed by atoms with Crippen LogP contribution in [0.5, 0.6) is 0 Å². The second kappa shape index (κ2) is 14.5. The number of carbonyl (C=O) groups excluding carboxylic acids is 3. The number of aliphatic hydroxyl groups excluding tert-OH is 1. The van der Waals surface area contributed by atoms with Gasteiger partial charge in [0, 0.05) is 0 Å². The van der Waals surface area contributed by atoms with E-state index in [2.05, 4.69) is 0 Å². The third-order valence-electron chi connectivity index (χ3n) is 7.06. The van der Waals surface area contributed by atoms with Gasteiger partial charge in [-0.05, 0) is 55.5 Å². The number of aliphatic hydroxyl groups is 1. The fourth-order valence-electron chi connectivity index (χ4n) is 4.66. The van der Waals surface area contributed by atoms with Crippen molar-refractivity contribution in [2.45, 2.75) is 42.5 Å². The average Bonchev–Trinajstić information content (AvgIpc) is 3.08. The van der Waals surface area contributed by atoms with E-state index >= 15 is 0 Å². The first-order chi connectivity index (χ1) is 22.1. The maximum Gasteiger partial charge on any atom is 0.338 e. The Morgan fingerprint density at radius 3 is 1.50 bits per heavy atom. The van der Waals surface area contributed by atoms with Crippen LogP contribution in [0.1, 0.15) is 36.6 Å². The lowest BCUT2D eigenvalue weighted by atomic mass is 9.98. The molecule has 0 spiro atoms. The molecule has 1 saturated heterocycles. The first-order valence-corrected chi connectivity index (χ1v) is 15.6. The topological polar surface area (TPSA) is 152 Å². The molecule has 4 aromatic carbocycles. The molecule has 11 nitrogen and oxygen atoms in total. The highest BCUT2D eigenvalue weighted by Crippen LogP contribution is 2.30. The quantitative estimate of drug-likeness (QED) is 0.151. The van der Waals surface area contributed by atoms with Crippen LogP contribution in [0.4, 0.5) is 0 Å². The number of rotatable bonds is 10. The van der Waals surface area contributed by atoms with Gasteiger partial charge in [-0.15, -0.1) is 0 Å². The molecule has 238 valence electrons. The van der Waals surface area contributed by atoms with E-state index in [-0.39, 0.29) is 21.6 Å². The van der Waals surface area contributed by atoms with Crippen LogP contribution in [0.2, 0.25) is 0 Å². The summed E-state index contributed by atoms with van der Waals surface area (Å²) in [5.74, 6) is -2.67. The molecule has 46 heavy (non-hydrogen) atoms. The fourth-order valence-corrected chi connectivity index (χ4v) is 5.58. The second-order valence-corrected chi connectivity index (χ2v) is 11.9. The van der Waals surface area contributed by atoms with Crippen LogP contribution in [-0.2, 0) is 33.2 Å². The van der Waals surface area contributed by atoms with Gasteiger partial charge in [0.25, 0.3) is 10.1 Å². The molecule has 0 radical (unpaired) electrons. The van der Waals surface area contributed by atoms with Crippen LogP contribution < -0.4 is 0 Å². The molecule has 5 rings (SSSR count). The number of esters is 3. The zero-order chi connectivity index (χ0) is 32.7. The maximum absolute atomic E-state index is 13.3. The number of aryl methyl sites for hydroxylation is 1. The Morgan fingerprint density at radius 2 is 1.04 bits per heavy atom. The molecule has 12 heteroatoms. The molecule has 4 aromatic rings. The monoisotopic (exact) mass is 646 g/mol. The van der Waals surface area contributed by atoms with E-state index in [0.29, 0.717) is 0 Å². The van der Waals surface area contributed by atoms with Crippen molar-refractivity contribution in [3.8, 4) is 0 Å². The van der Waals surface area contributed by atoms with Gasteiger partial charge >= 0.3 is 17.9 Å². The van der Waals surface area contributed by atoms with E-state index < -0.39 is 65.3 Å². The third kappa shape index (κ3) is 7.85. The van der Waals surface area contributed by atoms with Crippen LogP contribution in [0.3, 0.4) is 0 Å². The van der Waals surface area contributed by atoms with Crippen molar-refractivity contribution in [3.05, 3.63) is 138 Å². The lowest BCUT2D eigenvalue weighted by Gasteiger charge is -2.42. The predicted molar refractivity (Wildman–Crippen MR) is 162 cm³/mol. The summed E-state index contributed by atoms with van der Waals surface area (Å²) in [6, 6.07) is 29.4. The van der Waals surface area contributed by atoms with Crippen molar-refractivity contribution in [2.24, 2.45) is 0 Å². The largest absolute Gasteiger partial charge is 0.452 e. The molecule has 0 bridgehead atoms. The molecule has 1 heterocycles. The summed E-state index contributed by atoms with van der Waals surface area (Å²) in [5, 5.41) is 11.1. The van der Waals surface area contributed by atoms with Crippen molar-refractivity contribution in [1.82, 2.24) is 0 Å². The van der Waals surface area contributed by atoms with Gasteiger partial charge in [-0.3, -0.25) is 4.18 Å². The normalized spacial score (nSPS) is 21.1. The Morgan fingerprint density at radius 1 is 0.630 bits per heavy atom. The summed E-state index contributed by atoms with van der Waals surface area (Å²) in [6.07, 6.45) is -8.47.